The minimum absolute atomic E-state index is 0.169. The Labute approximate surface area is 107 Å². The van der Waals surface area contributed by atoms with Gasteiger partial charge in [0.15, 0.2) is 0 Å². The fourth-order valence-electron chi connectivity index (χ4n) is 1.86. The molecule has 1 aliphatic heterocycles. The molecule has 0 bridgehead atoms. The van der Waals surface area contributed by atoms with Crippen molar-refractivity contribution in [1.29, 1.82) is 0 Å². The van der Waals surface area contributed by atoms with Crippen LogP contribution in [0, 0.1) is 11.8 Å². The smallest absolute Gasteiger partial charge is 0.366 e. The number of rotatable bonds is 3. The molecular weight excluding hydrogens is 236 g/mol. The molecule has 2 atom stereocenters. The van der Waals surface area contributed by atoms with Crippen LogP contribution in [0.2, 0.25) is 0 Å². The number of ether oxygens (including phenoxy) is 1. The van der Waals surface area contributed by atoms with E-state index in [1.54, 1.807) is 0 Å². The highest BCUT2D eigenvalue weighted by Crippen LogP contribution is 2.09. The Morgan fingerprint density at radius 3 is 2.61 bits per heavy atom. The standard InChI is InChI=1S/C12H18N2O4/c1-9-7-14(8-10(2)18-9)6-4-5-11(12(15)16)13-17-3/h9-10H,6-8H2,1-3H3,(H,15,16). The van der Waals surface area contributed by atoms with Crippen LogP contribution in [0.25, 0.3) is 0 Å². The minimum Gasteiger partial charge on any atom is -0.476 e. The van der Waals surface area contributed by atoms with Crippen molar-refractivity contribution in [2.75, 3.05) is 26.7 Å². The Morgan fingerprint density at radius 1 is 1.50 bits per heavy atom. The van der Waals surface area contributed by atoms with Crippen molar-refractivity contribution in [3.05, 3.63) is 0 Å². The molecule has 100 valence electrons. The van der Waals surface area contributed by atoms with E-state index in [-0.39, 0.29) is 17.9 Å². The van der Waals surface area contributed by atoms with Gasteiger partial charge in [-0.2, -0.15) is 0 Å². The summed E-state index contributed by atoms with van der Waals surface area (Å²) in [5.74, 6) is 4.09. The van der Waals surface area contributed by atoms with Crippen LogP contribution < -0.4 is 0 Å². The molecule has 0 aromatic heterocycles. The van der Waals surface area contributed by atoms with Crippen LogP contribution in [-0.4, -0.2) is 60.6 Å². The average molecular weight is 254 g/mol. The van der Waals surface area contributed by atoms with Crippen LogP contribution in [0.4, 0.5) is 0 Å². The van der Waals surface area contributed by atoms with Crippen molar-refractivity contribution in [2.24, 2.45) is 5.16 Å². The SMILES string of the molecule is CON=C(C#CCN1CC(C)OC(C)C1)C(=O)O. The lowest BCUT2D eigenvalue weighted by molar-refractivity contribution is -0.129. The lowest BCUT2D eigenvalue weighted by atomic mass is 10.2. The molecule has 1 heterocycles. The van der Waals surface area contributed by atoms with Crippen LogP contribution in [-0.2, 0) is 14.4 Å². The number of aliphatic carboxylic acids is 1. The fraction of sp³-hybridized carbons (Fsp3) is 0.667. The van der Waals surface area contributed by atoms with Gasteiger partial charge in [-0.05, 0) is 19.8 Å². The highest BCUT2D eigenvalue weighted by molar-refractivity contribution is 6.42. The van der Waals surface area contributed by atoms with Gasteiger partial charge in [-0.1, -0.05) is 11.1 Å². The number of hydrogen-bond acceptors (Lipinski definition) is 5. The van der Waals surface area contributed by atoms with Crippen LogP contribution in [0.3, 0.4) is 0 Å². The van der Waals surface area contributed by atoms with E-state index in [0.29, 0.717) is 6.54 Å². The highest BCUT2D eigenvalue weighted by Gasteiger charge is 2.21. The van der Waals surface area contributed by atoms with E-state index in [0.717, 1.165) is 13.1 Å². The fourth-order valence-corrected chi connectivity index (χ4v) is 1.86. The zero-order chi connectivity index (χ0) is 13.5. The first kappa shape index (κ1) is 14.5. The zero-order valence-corrected chi connectivity index (χ0v) is 10.8. The summed E-state index contributed by atoms with van der Waals surface area (Å²) in [6.07, 6.45) is 0.337. The molecule has 0 aliphatic carbocycles. The molecule has 1 N–H and O–H groups in total. The van der Waals surface area contributed by atoms with Crippen LogP contribution in [0.5, 0.6) is 0 Å². The summed E-state index contributed by atoms with van der Waals surface area (Å²) in [7, 11) is 1.29. The number of carbonyl (C=O) groups is 1. The van der Waals surface area contributed by atoms with Gasteiger partial charge < -0.3 is 14.7 Å². The number of carboxylic acids is 1. The summed E-state index contributed by atoms with van der Waals surface area (Å²) in [4.78, 5) is 17.3. The lowest BCUT2D eigenvalue weighted by Gasteiger charge is -2.34. The number of nitrogens with zero attached hydrogens (tertiary/aromatic N) is 2. The van der Waals surface area contributed by atoms with Crippen molar-refractivity contribution in [3.63, 3.8) is 0 Å². The van der Waals surface area contributed by atoms with Crippen molar-refractivity contribution in [2.45, 2.75) is 26.1 Å². The molecule has 6 heteroatoms. The molecule has 0 amide bonds. The third-order valence-corrected chi connectivity index (χ3v) is 2.39. The molecule has 6 nitrogen and oxygen atoms in total. The van der Waals surface area contributed by atoms with Gasteiger partial charge in [0.2, 0.25) is 5.71 Å². The first-order valence-electron chi connectivity index (χ1n) is 5.74. The van der Waals surface area contributed by atoms with E-state index in [9.17, 15) is 4.79 Å². The molecule has 1 rings (SSSR count). The number of oxime groups is 1. The van der Waals surface area contributed by atoms with Crippen LogP contribution in [0.15, 0.2) is 5.16 Å². The maximum Gasteiger partial charge on any atom is 0.366 e. The third-order valence-electron chi connectivity index (χ3n) is 2.39. The van der Waals surface area contributed by atoms with Gasteiger partial charge in [-0.3, -0.25) is 4.90 Å². The largest absolute Gasteiger partial charge is 0.476 e. The van der Waals surface area contributed by atoms with E-state index in [1.807, 2.05) is 13.8 Å². The van der Waals surface area contributed by atoms with E-state index in [1.165, 1.54) is 7.11 Å². The minimum atomic E-state index is -1.19. The molecule has 0 aromatic carbocycles. The second-order valence-corrected chi connectivity index (χ2v) is 4.18. The summed E-state index contributed by atoms with van der Waals surface area (Å²) in [5.41, 5.74) is -0.285. The molecule has 1 saturated heterocycles. The monoisotopic (exact) mass is 254 g/mol. The quantitative estimate of drug-likeness (QED) is 0.442. The van der Waals surface area contributed by atoms with Crippen LogP contribution >= 0.6 is 0 Å². The zero-order valence-electron chi connectivity index (χ0n) is 10.8. The van der Waals surface area contributed by atoms with Crippen molar-refractivity contribution in [1.82, 2.24) is 4.90 Å². The van der Waals surface area contributed by atoms with Crippen LogP contribution in [0.1, 0.15) is 13.8 Å². The van der Waals surface area contributed by atoms with Crippen molar-refractivity contribution >= 4 is 11.7 Å². The Balaban J connectivity index is 2.54. The number of carboxylic acid groups (broad SMARTS) is 1. The van der Waals surface area contributed by atoms with Gasteiger partial charge in [0, 0.05) is 13.1 Å². The Kier molecular flexibility index (Phi) is 5.62. The average Bonchev–Trinajstić information content (AvgIpc) is 2.26. The van der Waals surface area contributed by atoms with Gasteiger partial charge in [-0.15, -0.1) is 0 Å². The molecule has 2 unspecified atom stereocenters. The Bertz CT molecular complexity index is 373. The van der Waals surface area contributed by atoms with Crippen molar-refractivity contribution in [3.8, 4) is 11.8 Å². The van der Waals surface area contributed by atoms with E-state index in [2.05, 4.69) is 26.7 Å². The molecule has 1 fully saturated rings. The van der Waals surface area contributed by atoms with Gasteiger partial charge in [-0.25, -0.2) is 4.79 Å². The number of hydrogen-bond donors (Lipinski definition) is 1. The van der Waals surface area contributed by atoms with E-state index >= 15 is 0 Å². The van der Waals surface area contributed by atoms with Gasteiger partial charge in [0.05, 0.1) is 18.8 Å². The molecule has 0 saturated carbocycles. The van der Waals surface area contributed by atoms with Gasteiger partial charge >= 0.3 is 5.97 Å². The molecule has 0 spiro atoms. The summed E-state index contributed by atoms with van der Waals surface area (Å²) in [5, 5.41) is 12.1. The van der Waals surface area contributed by atoms with Crippen molar-refractivity contribution < 1.29 is 19.5 Å². The predicted octanol–water partition coefficient (Wildman–Crippen LogP) is 0.186. The summed E-state index contributed by atoms with van der Waals surface area (Å²) < 4.78 is 5.59. The predicted molar refractivity (Wildman–Crippen MR) is 66.3 cm³/mol. The maximum atomic E-state index is 10.7. The molecule has 18 heavy (non-hydrogen) atoms. The molecule has 1 aliphatic rings. The summed E-state index contributed by atoms with van der Waals surface area (Å²) in [6.45, 7) is 6.09. The summed E-state index contributed by atoms with van der Waals surface area (Å²) in [6, 6.07) is 0. The first-order chi connectivity index (χ1) is 8.52. The number of morpholine rings is 1. The Morgan fingerprint density at radius 2 is 2.11 bits per heavy atom. The van der Waals surface area contributed by atoms with E-state index in [4.69, 9.17) is 9.84 Å². The third kappa shape index (κ3) is 4.73. The Hall–Kier alpha value is -1.58. The normalized spacial score (nSPS) is 25.2. The second kappa shape index (κ2) is 6.99. The topological polar surface area (TPSA) is 71.4 Å². The molecule has 0 aromatic rings. The molecular formula is C12H18N2O4. The van der Waals surface area contributed by atoms with Gasteiger partial charge in [0.25, 0.3) is 0 Å². The summed E-state index contributed by atoms with van der Waals surface area (Å²) >= 11 is 0. The van der Waals surface area contributed by atoms with Gasteiger partial charge in [0.1, 0.15) is 7.11 Å². The highest BCUT2D eigenvalue weighted by atomic mass is 16.6. The van der Waals surface area contributed by atoms with E-state index < -0.39 is 5.97 Å². The lowest BCUT2D eigenvalue weighted by Crippen LogP contribution is -2.45. The second-order valence-electron chi connectivity index (χ2n) is 4.18. The first-order valence-corrected chi connectivity index (χ1v) is 5.74. The molecule has 0 radical (unpaired) electrons. The maximum absolute atomic E-state index is 10.7.